The van der Waals surface area contributed by atoms with E-state index in [4.69, 9.17) is 0 Å². The third kappa shape index (κ3) is 46.5. The average molecular weight is 452 g/mol. The quantitative estimate of drug-likeness (QED) is 0.495. The van der Waals surface area contributed by atoms with Gasteiger partial charge in [-0.3, -0.25) is 0 Å². The maximum absolute atomic E-state index is 0. The van der Waals surface area contributed by atoms with Crippen molar-refractivity contribution in [3.63, 3.8) is 0 Å². The molecule has 0 aliphatic heterocycles. The zero-order chi connectivity index (χ0) is 0. The van der Waals surface area contributed by atoms with Crippen LogP contribution in [0.15, 0.2) is 0 Å². The van der Waals surface area contributed by atoms with Crippen molar-refractivity contribution < 1.29 is 52.0 Å². The van der Waals surface area contributed by atoms with Crippen molar-refractivity contribution >= 4 is 62.0 Å². The van der Waals surface area contributed by atoms with E-state index < -0.39 is 0 Å². The third-order valence-electron chi connectivity index (χ3n) is 0. The predicted octanol–water partition coefficient (Wildman–Crippen LogP) is 2.10. The second-order valence-electron chi connectivity index (χ2n) is 0. The summed E-state index contributed by atoms with van der Waals surface area (Å²) in [6.45, 7) is 0. The largest absolute Gasteiger partial charge is 0.147 e. The Morgan fingerprint density at radius 2 is 0.429 bits per heavy atom. The molecular formula is H5Cl5HfZr. The van der Waals surface area contributed by atoms with Crippen LogP contribution in [-0.2, 0) is 52.0 Å². The molecule has 0 amide bonds. The molecule has 0 spiro atoms. The van der Waals surface area contributed by atoms with Crippen LogP contribution in [0.2, 0.25) is 0 Å². The molecule has 0 aromatic heterocycles. The van der Waals surface area contributed by atoms with Crippen molar-refractivity contribution in [1.82, 2.24) is 0 Å². The van der Waals surface area contributed by atoms with E-state index in [0.717, 1.165) is 0 Å². The fourth-order valence-corrected chi connectivity index (χ4v) is 0. The number of rotatable bonds is 0. The topological polar surface area (TPSA) is 0 Å². The predicted molar refractivity (Wildman–Crippen MR) is 36.2 cm³/mol. The smallest absolute Gasteiger partial charge is 0 e. The van der Waals surface area contributed by atoms with E-state index >= 15 is 0 Å². The minimum Gasteiger partial charge on any atom is -0.147 e. The summed E-state index contributed by atoms with van der Waals surface area (Å²) in [5.74, 6) is 0. The van der Waals surface area contributed by atoms with E-state index in [1.165, 1.54) is 0 Å². The molecule has 48 valence electrons. The Balaban J connectivity index is 0. The number of hydrogen-bond acceptors (Lipinski definition) is 0. The van der Waals surface area contributed by atoms with Crippen molar-refractivity contribution in [3.05, 3.63) is 0 Å². The molecule has 0 heterocycles. The molecule has 0 saturated heterocycles. The van der Waals surface area contributed by atoms with Crippen LogP contribution in [0, 0.1) is 0 Å². The van der Waals surface area contributed by atoms with Gasteiger partial charge in [-0.15, -0.1) is 62.0 Å². The normalized spacial score (nSPS) is 0. The first kappa shape index (κ1) is 84.2. The number of hydrogen-bond donors (Lipinski definition) is 0. The van der Waals surface area contributed by atoms with E-state index in [1.807, 2.05) is 0 Å². The van der Waals surface area contributed by atoms with Gasteiger partial charge in [0.15, 0.2) is 0 Å². The first-order valence-electron chi connectivity index (χ1n) is 0. The van der Waals surface area contributed by atoms with E-state index in [9.17, 15) is 0 Å². The van der Waals surface area contributed by atoms with Gasteiger partial charge in [0.25, 0.3) is 0 Å². The van der Waals surface area contributed by atoms with Gasteiger partial charge in [0.1, 0.15) is 0 Å². The molecule has 0 atom stereocenters. The third-order valence-corrected chi connectivity index (χ3v) is 0. The van der Waals surface area contributed by atoms with Gasteiger partial charge in [-0.1, -0.05) is 0 Å². The van der Waals surface area contributed by atoms with Crippen LogP contribution >= 0.6 is 62.0 Å². The first-order chi connectivity index (χ1) is 0. The Morgan fingerprint density at radius 3 is 0.429 bits per heavy atom. The summed E-state index contributed by atoms with van der Waals surface area (Å²) >= 11 is 0. The van der Waals surface area contributed by atoms with Gasteiger partial charge in [0, 0.05) is 52.0 Å². The monoisotopic (exact) mass is 450 g/mol. The molecule has 0 unspecified atom stereocenters. The first-order valence-corrected chi connectivity index (χ1v) is 0. The summed E-state index contributed by atoms with van der Waals surface area (Å²) in [5, 5.41) is 0. The Hall–Kier alpha value is 3.20. The van der Waals surface area contributed by atoms with E-state index in [2.05, 4.69) is 0 Å². The minimum absolute atomic E-state index is 0. The van der Waals surface area contributed by atoms with Crippen molar-refractivity contribution in [3.8, 4) is 0 Å². The molecule has 0 aromatic carbocycles. The van der Waals surface area contributed by atoms with Crippen LogP contribution in [0.25, 0.3) is 0 Å². The molecule has 0 saturated carbocycles. The van der Waals surface area contributed by atoms with E-state index in [1.54, 1.807) is 0 Å². The van der Waals surface area contributed by atoms with Crippen LogP contribution in [0.5, 0.6) is 0 Å². The van der Waals surface area contributed by atoms with E-state index in [0.29, 0.717) is 0 Å². The van der Waals surface area contributed by atoms with Gasteiger partial charge in [0.05, 0.1) is 0 Å². The summed E-state index contributed by atoms with van der Waals surface area (Å²) in [7, 11) is 0. The summed E-state index contributed by atoms with van der Waals surface area (Å²) in [4.78, 5) is 0. The molecule has 0 N–H and O–H groups in total. The minimum atomic E-state index is 0. The maximum atomic E-state index is 0. The Morgan fingerprint density at radius 1 is 0.429 bits per heavy atom. The molecule has 0 aliphatic carbocycles. The molecule has 0 rings (SSSR count). The average Bonchev–Trinajstić information content (AvgIpc) is 0. The Labute approximate surface area is 112 Å². The van der Waals surface area contributed by atoms with Gasteiger partial charge in [-0.25, -0.2) is 0 Å². The van der Waals surface area contributed by atoms with Crippen LogP contribution < -0.4 is 0 Å². The van der Waals surface area contributed by atoms with Gasteiger partial charge in [-0.05, 0) is 0 Å². The molecule has 0 nitrogen and oxygen atoms in total. The zero-order valence-corrected chi connectivity index (χ0v) is 13.2. The molecule has 0 aromatic rings. The molecule has 7 heteroatoms. The molecule has 0 fully saturated rings. The van der Waals surface area contributed by atoms with Gasteiger partial charge in [-0.2, -0.15) is 0 Å². The van der Waals surface area contributed by atoms with Crippen molar-refractivity contribution in [2.45, 2.75) is 0 Å². The standard InChI is InChI=1S/5ClH.Hf.Zr/h5*1H;;. The van der Waals surface area contributed by atoms with Crippen LogP contribution in [0.1, 0.15) is 0 Å². The van der Waals surface area contributed by atoms with Crippen molar-refractivity contribution in [1.29, 1.82) is 0 Å². The van der Waals surface area contributed by atoms with Crippen LogP contribution in [0.3, 0.4) is 0 Å². The number of halogens is 5. The Kier molecular flexibility index (Phi) is 726. The summed E-state index contributed by atoms with van der Waals surface area (Å²) in [6.07, 6.45) is 0. The summed E-state index contributed by atoms with van der Waals surface area (Å²) in [5.41, 5.74) is 0. The van der Waals surface area contributed by atoms with Crippen LogP contribution in [0.4, 0.5) is 0 Å². The second kappa shape index (κ2) is 60.4. The van der Waals surface area contributed by atoms with Gasteiger partial charge < -0.3 is 0 Å². The molecule has 7 heavy (non-hydrogen) atoms. The van der Waals surface area contributed by atoms with Crippen molar-refractivity contribution in [2.75, 3.05) is 0 Å². The maximum Gasteiger partial charge on any atom is 0 e. The SMILES string of the molecule is Cl.Cl.Cl.Cl.Cl.[Hf].[Zr]. The summed E-state index contributed by atoms with van der Waals surface area (Å²) < 4.78 is 0. The van der Waals surface area contributed by atoms with Crippen molar-refractivity contribution in [2.24, 2.45) is 0 Å². The zero-order valence-electron chi connectivity index (χ0n) is 3.04. The van der Waals surface area contributed by atoms with Crippen LogP contribution in [-0.4, -0.2) is 0 Å². The molecule has 0 aliphatic rings. The van der Waals surface area contributed by atoms with E-state index in [-0.39, 0.29) is 114 Å². The molecular weight excluding hydrogens is 447 g/mol. The summed E-state index contributed by atoms with van der Waals surface area (Å²) in [6, 6.07) is 0. The molecule has 0 radical (unpaired) electrons. The molecule has 0 bridgehead atoms. The Bertz CT molecular complexity index is 8.04. The second-order valence-corrected chi connectivity index (χ2v) is 0. The van der Waals surface area contributed by atoms with Gasteiger partial charge in [0.2, 0.25) is 0 Å². The fraction of sp³-hybridized carbons (Fsp3) is 0. The fourth-order valence-electron chi connectivity index (χ4n) is 0. The van der Waals surface area contributed by atoms with Gasteiger partial charge >= 0.3 is 0 Å².